The topological polar surface area (TPSA) is 78.4 Å². The van der Waals surface area contributed by atoms with Gasteiger partial charge in [-0.15, -0.1) is 0 Å². The highest BCUT2D eigenvalue weighted by molar-refractivity contribution is 5.78. The van der Waals surface area contributed by atoms with Crippen molar-refractivity contribution in [2.75, 3.05) is 13.1 Å². The summed E-state index contributed by atoms with van der Waals surface area (Å²) in [5, 5.41) is 15.3. The zero-order chi connectivity index (χ0) is 14.6. The minimum Gasteiger partial charge on any atom is -0.481 e. The molecule has 5 nitrogen and oxygen atoms in total. The number of aliphatic carboxylic acids is 1. The van der Waals surface area contributed by atoms with E-state index in [0.717, 1.165) is 13.0 Å². The number of amides is 1. The van der Waals surface area contributed by atoms with E-state index in [1.165, 1.54) is 0 Å². The Balaban J connectivity index is 2.65. The number of likely N-dealkylation sites (N-methyl/N-ethyl adjacent to an activating group) is 1. The Morgan fingerprint density at radius 2 is 1.95 bits per heavy atom. The van der Waals surface area contributed by atoms with Crippen LogP contribution in [0.15, 0.2) is 0 Å². The monoisotopic (exact) mass is 270 g/mol. The van der Waals surface area contributed by atoms with Gasteiger partial charge in [0.1, 0.15) is 0 Å². The maximum Gasteiger partial charge on any atom is 0.307 e. The number of hydrogen-bond acceptors (Lipinski definition) is 3. The molecule has 1 aliphatic rings. The van der Waals surface area contributed by atoms with Crippen LogP contribution in [-0.4, -0.2) is 36.1 Å². The lowest BCUT2D eigenvalue weighted by atomic mass is 9.61. The van der Waals surface area contributed by atoms with Crippen LogP contribution in [0.3, 0.4) is 0 Å². The first-order valence-electron chi connectivity index (χ1n) is 7.03. The van der Waals surface area contributed by atoms with Crippen LogP contribution in [0, 0.1) is 17.3 Å². The van der Waals surface area contributed by atoms with Crippen LogP contribution in [-0.2, 0) is 9.59 Å². The average Bonchev–Trinajstić information content (AvgIpc) is 2.32. The van der Waals surface area contributed by atoms with Gasteiger partial charge in [0.15, 0.2) is 0 Å². The zero-order valence-corrected chi connectivity index (χ0v) is 12.3. The van der Waals surface area contributed by atoms with Crippen LogP contribution in [0.25, 0.3) is 0 Å². The first-order chi connectivity index (χ1) is 8.80. The molecule has 1 amide bonds. The fraction of sp³-hybridized carbons (Fsp3) is 0.857. The van der Waals surface area contributed by atoms with Gasteiger partial charge >= 0.3 is 5.97 Å². The molecule has 0 aromatic rings. The Morgan fingerprint density at radius 3 is 2.47 bits per heavy atom. The highest BCUT2D eigenvalue weighted by Gasteiger charge is 2.46. The maximum absolute atomic E-state index is 11.8. The molecule has 1 fully saturated rings. The fourth-order valence-corrected chi connectivity index (χ4v) is 2.94. The number of rotatable bonds is 5. The molecule has 0 aliphatic heterocycles. The lowest BCUT2D eigenvalue weighted by Gasteiger charge is -2.46. The van der Waals surface area contributed by atoms with Crippen molar-refractivity contribution in [3.8, 4) is 0 Å². The number of nitrogens with one attached hydrogen (secondary N) is 2. The molecule has 1 aliphatic carbocycles. The van der Waals surface area contributed by atoms with Crippen LogP contribution in [0.1, 0.15) is 40.5 Å². The highest BCUT2D eigenvalue weighted by Crippen LogP contribution is 2.44. The lowest BCUT2D eigenvalue weighted by molar-refractivity contribution is -0.150. The van der Waals surface area contributed by atoms with E-state index in [-0.39, 0.29) is 29.2 Å². The van der Waals surface area contributed by atoms with E-state index in [0.29, 0.717) is 13.0 Å². The summed E-state index contributed by atoms with van der Waals surface area (Å²) in [6.45, 7) is 9.05. The average molecular weight is 270 g/mol. The molecule has 3 atom stereocenters. The van der Waals surface area contributed by atoms with Gasteiger partial charge in [0.05, 0.1) is 12.5 Å². The van der Waals surface area contributed by atoms with Crippen molar-refractivity contribution in [3.63, 3.8) is 0 Å². The number of carbonyl (C=O) groups is 2. The van der Waals surface area contributed by atoms with E-state index in [1.807, 2.05) is 27.7 Å². The van der Waals surface area contributed by atoms with E-state index in [9.17, 15) is 14.7 Å². The second-order valence-corrected chi connectivity index (χ2v) is 6.03. The number of carboxylic acids is 1. The van der Waals surface area contributed by atoms with Gasteiger partial charge in [-0.1, -0.05) is 27.7 Å². The summed E-state index contributed by atoms with van der Waals surface area (Å²) in [7, 11) is 0. The van der Waals surface area contributed by atoms with Crippen LogP contribution < -0.4 is 10.6 Å². The molecule has 110 valence electrons. The summed E-state index contributed by atoms with van der Waals surface area (Å²) in [6, 6.07) is 0.0664. The lowest BCUT2D eigenvalue weighted by Crippen LogP contribution is -2.53. The van der Waals surface area contributed by atoms with Crippen molar-refractivity contribution in [2.45, 2.75) is 46.6 Å². The van der Waals surface area contributed by atoms with Crippen LogP contribution in [0.2, 0.25) is 0 Å². The summed E-state index contributed by atoms with van der Waals surface area (Å²) < 4.78 is 0. The van der Waals surface area contributed by atoms with E-state index < -0.39 is 5.97 Å². The Morgan fingerprint density at radius 1 is 1.32 bits per heavy atom. The normalized spacial score (nSPS) is 29.8. The first kappa shape index (κ1) is 16.0. The third-order valence-corrected chi connectivity index (χ3v) is 4.62. The molecule has 0 aromatic heterocycles. The third kappa shape index (κ3) is 3.69. The van der Waals surface area contributed by atoms with Crippen molar-refractivity contribution < 1.29 is 14.7 Å². The van der Waals surface area contributed by atoms with Crippen molar-refractivity contribution in [1.29, 1.82) is 0 Å². The van der Waals surface area contributed by atoms with Crippen LogP contribution in [0.4, 0.5) is 0 Å². The number of carbonyl (C=O) groups excluding carboxylic acids is 1. The summed E-state index contributed by atoms with van der Waals surface area (Å²) >= 11 is 0. The molecule has 3 unspecified atom stereocenters. The van der Waals surface area contributed by atoms with Gasteiger partial charge in [0.2, 0.25) is 5.91 Å². The molecule has 0 spiro atoms. The number of carboxylic acid groups (broad SMARTS) is 1. The predicted molar refractivity (Wildman–Crippen MR) is 73.8 cm³/mol. The molecule has 1 saturated carbocycles. The summed E-state index contributed by atoms with van der Waals surface area (Å²) in [6.07, 6.45) is 1.36. The van der Waals surface area contributed by atoms with Crippen LogP contribution >= 0.6 is 0 Å². The molecule has 1 rings (SSSR count). The highest BCUT2D eigenvalue weighted by atomic mass is 16.4. The van der Waals surface area contributed by atoms with Gasteiger partial charge in [-0.25, -0.2) is 0 Å². The summed E-state index contributed by atoms with van der Waals surface area (Å²) in [5.41, 5.74) is -0.305. The second kappa shape index (κ2) is 6.37. The molecule has 0 bridgehead atoms. The third-order valence-electron chi connectivity index (χ3n) is 4.62. The second-order valence-electron chi connectivity index (χ2n) is 6.03. The Labute approximate surface area is 115 Å². The first-order valence-corrected chi connectivity index (χ1v) is 7.03. The zero-order valence-electron chi connectivity index (χ0n) is 12.3. The Bertz CT molecular complexity index is 342. The fourth-order valence-electron chi connectivity index (χ4n) is 2.94. The summed E-state index contributed by atoms with van der Waals surface area (Å²) in [5.74, 6) is -0.921. The largest absolute Gasteiger partial charge is 0.481 e. The van der Waals surface area contributed by atoms with Gasteiger partial charge in [-0.3, -0.25) is 9.59 Å². The SMILES string of the molecule is CCNCC(=O)NC1CCC(C(=O)O)C(C)(C)C1C. The Hall–Kier alpha value is -1.10. The minimum atomic E-state index is -0.728. The van der Waals surface area contributed by atoms with Gasteiger partial charge in [-0.2, -0.15) is 0 Å². The van der Waals surface area contributed by atoms with Gasteiger partial charge in [0, 0.05) is 6.04 Å². The predicted octanol–water partition coefficient (Wildman–Crippen LogP) is 1.24. The molecule has 0 aromatic carbocycles. The molecular weight excluding hydrogens is 244 g/mol. The van der Waals surface area contributed by atoms with Gasteiger partial charge in [-0.05, 0) is 30.7 Å². The van der Waals surface area contributed by atoms with Gasteiger partial charge in [0.25, 0.3) is 0 Å². The number of hydrogen-bond donors (Lipinski definition) is 3. The smallest absolute Gasteiger partial charge is 0.307 e. The molecule has 0 heterocycles. The molecule has 3 N–H and O–H groups in total. The molecule has 19 heavy (non-hydrogen) atoms. The standard InChI is InChI=1S/C14H26N2O3/c1-5-15-8-12(17)16-11-7-6-10(13(18)19)14(3,4)9(11)2/h9-11,15H,5-8H2,1-4H3,(H,16,17)(H,18,19). The quantitative estimate of drug-likeness (QED) is 0.702. The van der Waals surface area contributed by atoms with E-state index in [1.54, 1.807) is 0 Å². The maximum atomic E-state index is 11.8. The van der Waals surface area contributed by atoms with E-state index in [4.69, 9.17) is 0 Å². The van der Waals surface area contributed by atoms with Gasteiger partial charge < -0.3 is 15.7 Å². The van der Waals surface area contributed by atoms with E-state index >= 15 is 0 Å². The molecular formula is C14H26N2O3. The molecule has 0 saturated heterocycles. The summed E-state index contributed by atoms with van der Waals surface area (Å²) in [4.78, 5) is 23.0. The van der Waals surface area contributed by atoms with Crippen molar-refractivity contribution in [2.24, 2.45) is 17.3 Å². The minimum absolute atomic E-state index is 0.0109. The molecule has 5 heteroatoms. The van der Waals surface area contributed by atoms with E-state index in [2.05, 4.69) is 10.6 Å². The molecule has 0 radical (unpaired) electrons. The van der Waals surface area contributed by atoms with Crippen molar-refractivity contribution >= 4 is 11.9 Å². The van der Waals surface area contributed by atoms with Crippen molar-refractivity contribution in [3.05, 3.63) is 0 Å². The van der Waals surface area contributed by atoms with Crippen LogP contribution in [0.5, 0.6) is 0 Å². The Kier molecular flexibility index (Phi) is 5.35. The van der Waals surface area contributed by atoms with Crippen molar-refractivity contribution in [1.82, 2.24) is 10.6 Å².